The van der Waals surface area contributed by atoms with Crippen molar-refractivity contribution in [3.63, 3.8) is 0 Å². The van der Waals surface area contributed by atoms with Gasteiger partial charge >= 0.3 is 12.1 Å². The molecule has 3 amide bonds. The first kappa shape index (κ1) is 28.7. The number of rotatable bonds is 9. The van der Waals surface area contributed by atoms with Crippen molar-refractivity contribution in [3.05, 3.63) is 83.1 Å². The molecule has 41 heavy (non-hydrogen) atoms. The lowest BCUT2D eigenvalue weighted by Gasteiger charge is -2.24. The fourth-order valence-electron chi connectivity index (χ4n) is 4.11. The van der Waals surface area contributed by atoms with Gasteiger partial charge in [-0.3, -0.25) is 14.6 Å². The van der Waals surface area contributed by atoms with Crippen molar-refractivity contribution < 1.29 is 28.7 Å². The third kappa shape index (κ3) is 6.13. The summed E-state index contributed by atoms with van der Waals surface area (Å²) in [6, 6.07) is 7.94. The van der Waals surface area contributed by atoms with E-state index in [0.717, 1.165) is 4.90 Å². The Hall–Kier alpha value is -5.33. The van der Waals surface area contributed by atoms with Gasteiger partial charge in [-0.2, -0.15) is 5.10 Å². The van der Waals surface area contributed by atoms with Crippen molar-refractivity contribution in [1.29, 1.82) is 0 Å². The molecule has 3 heterocycles. The SMILES string of the molecule is CCNC(=O)c1ccc(C)c(N(C(=O)OCOC(=O)c2cccnc2)c2ncnn3cc(C(=O)NCC)c(C)c23)c1. The number of fused-ring (bicyclic) bond motifs is 1. The number of carbonyl (C=O) groups excluding carboxylic acids is 4. The zero-order valence-electron chi connectivity index (χ0n) is 23.0. The fourth-order valence-corrected chi connectivity index (χ4v) is 4.11. The van der Waals surface area contributed by atoms with Crippen LogP contribution < -0.4 is 15.5 Å². The minimum absolute atomic E-state index is 0.0905. The molecule has 4 rings (SSSR count). The van der Waals surface area contributed by atoms with Gasteiger partial charge < -0.3 is 20.1 Å². The number of benzene rings is 1. The summed E-state index contributed by atoms with van der Waals surface area (Å²) in [5.74, 6) is -1.29. The summed E-state index contributed by atoms with van der Waals surface area (Å²) in [7, 11) is 0. The van der Waals surface area contributed by atoms with Crippen molar-refractivity contribution in [3.8, 4) is 0 Å². The molecule has 0 saturated heterocycles. The second-order valence-electron chi connectivity index (χ2n) is 8.80. The summed E-state index contributed by atoms with van der Waals surface area (Å²) in [5, 5.41) is 9.71. The smallest absolute Gasteiger partial charge is 0.423 e. The van der Waals surface area contributed by atoms with Crippen molar-refractivity contribution in [2.24, 2.45) is 0 Å². The number of nitrogens with zero attached hydrogens (tertiary/aromatic N) is 5. The molecule has 4 aromatic rings. The quantitative estimate of drug-likeness (QED) is 0.232. The molecular weight excluding hydrogens is 530 g/mol. The van der Waals surface area contributed by atoms with Gasteiger partial charge in [-0.05, 0) is 63.1 Å². The average Bonchev–Trinajstić information content (AvgIpc) is 3.32. The third-order valence-corrected chi connectivity index (χ3v) is 6.10. The number of pyridine rings is 1. The second kappa shape index (κ2) is 12.7. The molecule has 0 atom stereocenters. The van der Waals surface area contributed by atoms with Crippen LogP contribution in [0.5, 0.6) is 0 Å². The van der Waals surface area contributed by atoms with Crippen LogP contribution in [0.2, 0.25) is 0 Å². The largest absolute Gasteiger partial charge is 0.424 e. The zero-order chi connectivity index (χ0) is 29.5. The molecule has 13 nitrogen and oxygen atoms in total. The molecule has 13 heteroatoms. The molecule has 3 aromatic heterocycles. The molecule has 0 bridgehead atoms. The van der Waals surface area contributed by atoms with Crippen LogP contribution in [0, 0.1) is 13.8 Å². The molecule has 0 aliphatic carbocycles. The standard InChI is InChI=1S/C28H29N7O6/c1-5-30-25(36)19-10-9-17(3)22(12-19)35(28(39)41-16-40-27(38)20-8-7-11-29-13-20)24-23-18(4)21(26(37)31-6-2)14-34(23)33-15-32-24/h7-15H,5-6,16H2,1-4H3,(H,30,36)(H,31,37). The first-order valence-corrected chi connectivity index (χ1v) is 12.8. The van der Waals surface area contributed by atoms with Gasteiger partial charge in [0.2, 0.25) is 6.79 Å². The Labute approximate surface area is 235 Å². The van der Waals surface area contributed by atoms with E-state index in [9.17, 15) is 19.2 Å². The number of anilines is 2. The summed E-state index contributed by atoms with van der Waals surface area (Å²) in [6.07, 6.45) is 4.66. The maximum Gasteiger partial charge on any atom is 0.423 e. The van der Waals surface area contributed by atoms with Gasteiger partial charge in [0.05, 0.1) is 16.8 Å². The first-order chi connectivity index (χ1) is 19.8. The van der Waals surface area contributed by atoms with E-state index in [2.05, 4.69) is 25.7 Å². The Morgan fingerprint density at radius 2 is 1.73 bits per heavy atom. The number of carbonyl (C=O) groups is 4. The maximum atomic E-state index is 13.7. The van der Waals surface area contributed by atoms with Gasteiger partial charge in [0.15, 0.2) is 5.82 Å². The molecule has 1 aromatic carbocycles. The Morgan fingerprint density at radius 1 is 0.976 bits per heavy atom. The van der Waals surface area contributed by atoms with Gasteiger partial charge in [0, 0.05) is 37.2 Å². The first-order valence-electron chi connectivity index (χ1n) is 12.8. The fraction of sp³-hybridized carbons (Fsp3) is 0.250. The number of amides is 3. The lowest BCUT2D eigenvalue weighted by atomic mass is 10.1. The minimum atomic E-state index is -0.944. The van der Waals surface area contributed by atoms with E-state index in [1.165, 1.54) is 41.6 Å². The Balaban J connectivity index is 1.77. The van der Waals surface area contributed by atoms with Crippen LogP contribution in [0.3, 0.4) is 0 Å². The van der Waals surface area contributed by atoms with Crippen molar-refractivity contribution in [1.82, 2.24) is 30.2 Å². The number of ether oxygens (including phenoxy) is 2. The summed E-state index contributed by atoms with van der Waals surface area (Å²) in [4.78, 5) is 60.7. The van der Waals surface area contributed by atoms with Crippen molar-refractivity contribution in [2.45, 2.75) is 27.7 Å². The average molecular weight is 560 g/mol. The van der Waals surface area contributed by atoms with Crippen LogP contribution in [-0.2, 0) is 9.47 Å². The van der Waals surface area contributed by atoms with Crippen molar-refractivity contribution >= 4 is 40.9 Å². The number of hydrogen-bond acceptors (Lipinski definition) is 9. The van der Waals surface area contributed by atoms with Gasteiger partial charge in [-0.25, -0.2) is 24.0 Å². The van der Waals surface area contributed by atoms with E-state index in [-0.39, 0.29) is 28.9 Å². The highest BCUT2D eigenvalue weighted by atomic mass is 16.7. The van der Waals surface area contributed by atoms with Crippen LogP contribution in [0.15, 0.2) is 55.2 Å². The highest BCUT2D eigenvalue weighted by Crippen LogP contribution is 2.34. The molecule has 0 spiro atoms. The lowest BCUT2D eigenvalue weighted by Crippen LogP contribution is -2.31. The van der Waals surface area contributed by atoms with Gasteiger partial charge in [-0.1, -0.05) is 6.07 Å². The number of aromatic nitrogens is 4. The van der Waals surface area contributed by atoms with Gasteiger partial charge in [0.25, 0.3) is 11.8 Å². The van der Waals surface area contributed by atoms with E-state index in [0.29, 0.717) is 40.9 Å². The van der Waals surface area contributed by atoms with E-state index in [1.54, 1.807) is 45.9 Å². The van der Waals surface area contributed by atoms with E-state index in [4.69, 9.17) is 9.47 Å². The van der Waals surface area contributed by atoms with E-state index < -0.39 is 18.9 Å². The molecular formula is C28H29N7O6. The second-order valence-corrected chi connectivity index (χ2v) is 8.80. The van der Waals surface area contributed by atoms with Crippen LogP contribution >= 0.6 is 0 Å². The molecule has 212 valence electrons. The molecule has 0 fully saturated rings. The van der Waals surface area contributed by atoms with Crippen LogP contribution in [-0.4, -0.2) is 63.3 Å². The molecule has 0 radical (unpaired) electrons. The lowest BCUT2D eigenvalue weighted by molar-refractivity contribution is -0.000110. The number of nitrogens with one attached hydrogen (secondary N) is 2. The summed E-state index contributed by atoms with van der Waals surface area (Å²) in [5.41, 5.74) is 2.62. The van der Waals surface area contributed by atoms with Crippen LogP contribution in [0.25, 0.3) is 5.52 Å². The highest BCUT2D eigenvalue weighted by molar-refractivity contribution is 6.05. The number of hydrogen-bond donors (Lipinski definition) is 2. The topological polar surface area (TPSA) is 157 Å². The Kier molecular flexibility index (Phi) is 8.87. The third-order valence-electron chi connectivity index (χ3n) is 6.10. The predicted molar refractivity (Wildman–Crippen MR) is 148 cm³/mol. The Morgan fingerprint density at radius 3 is 2.44 bits per heavy atom. The maximum absolute atomic E-state index is 13.7. The minimum Gasteiger partial charge on any atom is -0.424 e. The number of aryl methyl sites for hydroxylation is 2. The van der Waals surface area contributed by atoms with Crippen molar-refractivity contribution in [2.75, 3.05) is 24.8 Å². The van der Waals surface area contributed by atoms with Crippen LogP contribution in [0.1, 0.15) is 56.0 Å². The monoisotopic (exact) mass is 559 g/mol. The normalized spacial score (nSPS) is 10.6. The summed E-state index contributed by atoms with van der Waals surface area (Å²) >= 11 is 0. The van der Waals surface area contributed by atoms with Gasteiger partial charge in [0.1, 0.15) is 11.8 Å². The van der Waals surface area contributed by atoms with E-state index in [1.807, 2.05) is 0 Å². The van der Waals surface area contributed by atoms with Gasteiger partial charge in [-0.15, -0.1) is 0 Å². The molecule has 2 N–H and O–H groups in total. The summed E-state index contributed by atoms with van der Waals surface area (Å²) < 4.78 is 11.9. The molecule has 0 unspecified atom stereocenters. The molecule has 0 aliphatic heterocycles. The molecule has 0 saturated carbocycles. The predicted octanol–water partition coefficient (Wildman–Crippen LogP) is 3.33. The zero-order valence-corrected chi connectivity index (χ0v) is 23.0. The van der Waals surface area contributed by atoms with E-state index >= 15 is 0 Å². The summed E-state index contributed by atoms with van der Waals surface area (Å²) in [6.45, 7) is 7.19. The Bertz CT molecular complexity index is 1600. The number of esters is 1. The van der Waals surface area contributed by atoms with Crippen LogP contribution in [0.4, 0.5) is 16.3 Å². The molecule has 0 aliphatic rings. The highest BCUT2D eigenvalue weighted by Gasteiger charge is 2.29.